The third-order valence-corrected chi connectivity index (χ3v) is 4.26. The number of aryl methyl sites for hydroxylation is 1. The molecule has 0 aromatic heterocycles. The molecular weight excluding hydrogens is 256 g/mol. The SMILES string of the molecule is CCC(C(=O)OC)C1(O)CCCc2ccc(OC)cc21. The Morgan fingerprint density at radius 1 is 1.45 bits per heavy atom. The zero-order valence-electron chi connectivity index (χ0n) is 12.3. The largest absolute Gasteiger partial charge is 0.497 e. The van der Waals surface area contributed by atoms with Crippen molar-refractivity contribution in [1.82, 2.24) is 0 Å². The van der Waals surface area contributed by atoms with Crippen LogP contribution in [-0.4, -0.2) is 25.3 Å². The summed E-state index contributed by atoms with van der Waals surface area (Å²) in [5.74, 6) is -0.201. The number of ether oxygens (including phenoxy) is 2. The van der Waals surface area contributed by atoms with Crippen molar-refractivity contribution in [2.75, 3.05) is 14.2 Å². The van der Waals surface area contributed by atoms with Gasteiger partial charge in [0.25, 0.3) is 0 Å². The average molecular weight is 278 g/mol. The Balaban J connectivity index is 2.50. The fraction of sp³-hybridized carbons (Fsp3) is 0.562. The van der Waals surface area contributed by atoms with E-state index in [4.69, 9.17) is 9.47 Å². The molecule has 0 heterocycles. The number of hydrogen-bond donors (Lipinski definition) is 1. The topological polar surface area (TPSA) is 55.8 Å². The predicted molar refractivity (Wildman–Crippen MR) is 75.6 cm³/mol. The van der Waals surface area contributed by atoms with Gasteiger partial charge in [-0.05, 0) is 48.9 Å². The summed E-state index contributed by atoms with van der Waals surface area (Å²) in [7, 11) is 2.96. The molecule has 110 valence electrons. The minimum atomic E-state index is -1.16. The molecule has 2 rings (SSSR count). The Bertz CT molecular complexity index is 497. The first kappa shape index (κ1) is 14.9. The lowest BCUT2D eigenvalue weighted by Gasteiger charge is -2.39. The highest BCUT2D eigenvalue weighted by atomic mass is 16.5. The smallest absolute Gasteiger partial charge is 0.311 e. The van der Waals surface area contributed by atoms with Crippen molar-refractivity contribution in [1.29, 1.82) is 0 Å². The van der Waals surface area contributed by atoms with Crippen molar-refractivity contribution in [2.24, 2.45) is 5.92 Å². The molecule has 0 saturated carbocycles. The maximum Gasteiger partial charge on any atom is 0.311 e. The van der Waals surface area contributed by atoms with Gasteiger partial charge in [-0.2, -0.15) is 0 Å². The van der Waals surface area contributed by atoms with Crippen LogP contribution in [0.1, 0.15) is 37.3 Å². The lowest BCUT2D eigenvalue weighted by molar-refractivity contribution is -0.158. The molecule has 0 bridgehead atoms. The standard InChI is InChI=1S/C16H22O4/c1-4-13(15(17)20-3)16(18)9-5-6-11-7-8-12(19-2)10-14(11)16/h7-8,10,13,18H,4-6,9H2,1-3H3. The Morgan fingerprint density at radius 3 is 2.80 bits per heavy atom. The van der Waals surface area contributed by atoms with E-state index in [9.17, 15) is 9.90 Å². The molecule has 1 aromatic rings. The Labute approximate surface area is 119 Å². The van der Waals surface area contributed by atoms with Gasteiger partial charge in [0.15, 0.2) is 0 Å². The number of rotatable bonds is 4. The van der Waals surface area contributed by atoms with Gasteiger partial charge in [-0.1, -0.05) is 13.0 Å². The highest BCUT2D eigenvalue weighted by Crippen LogP contribution is 2.43. The zero-order chi connectivity index (χ0) is 14.8. The molecule has 2 atom stereocenters. The van der Waals surface area contributed by atoms with Gasteiger partial charge < -0.3 is 14.6 Å². The lowest BCUT2D eigenvalue weighted by atomic mass is 9.71. The number of methoxy groups -OCH3 is 2. The Hall–Kier alpha value is -1.55. The minimum Gasteiger partial charge on any atom is -0.497 e. The Morgan fingerprint density at radius 2 is 2.20 bits per heavy atom. The van der Waals surface area contributed by atoms with Gasteiger partial charge in [-0.3, -0.25) is 4.79 Å². The predicted octanol–water partition coefficient (Wildman–Crippen LogP) is 2.42. The van der Waals surface area contributed by atoms with Crippen LogP contribution in [0.25, 0.3) is 0 Å². The van der Waals surface area contributed by atoms with Gasteiger partial charge in [-0.15, -0.1) is 0 Å². The van der Waals surface area contributed by atoms with E-state index in [1.165, 1.54) is 7.11 Å². The van der Waals surface area contributed by atoms with Crippen molar-refractivity contribution in [2.45, 2.75) is 38.2 Å². The van der Waals surface area contributed by atoms with Gasteiger partial charge in [0.05, 0.1) is 20.1 Å². The van der Waals surface area contributed by atoms with Gasteiger partial charge in [-0.25, -0.2) is 0 Å². The second-order valence-corrected chi connectivity index (χ2v) is 5.28. The molecule has 0 spiro atoms. The molecule has 0 aliphatic heterocycles. The zero-order valence-corrected chi connectivity index (χ0v) is 12.3. The van der Waals surface area contributed by atoms with Gasteiger partial charge >= 0.3 is 5.97 Å². The van der Waals surface area contributed by atoms with Crippen LogP contribution in [0.3, 0.4) is 0 Å². The molecule has 1 aromatic carbocycles. The molecule has 1 N–H and O–H groups in total. The number of esters is 1. The number of hydrogen-bond acceptors (Lipinski definition) is 4. The summed E-state index contributed by atoms with van der Waals surface area (Å²) < 4.78 is 10.1. The summed E-state index contributed by atoms with van der Waals surface area (Å²) in [5.41, 5.74) is 0.728. The van der Waals surface area contributed by atoms with Crippen LogP contribution in [0.2, 0.25) is 0 Å². The van der Waals surface area contributed by atoms with Crippen molar-refractivity contribution in [3.05, 3.63) is 29.3 Å². The van der Waals surface area contributed by atoms with E-state index in [1.54, 1.807) is 7.11 Å². The second-order valence-electron chi connectivity index (χ2n) is 5.28. The third kappa shape index (κ3) is 2.40. The van der Waals surface area contributed by atoms with Crippen LogP contribution >= 0.6 is 0 Å². The van der Waals surface area contributed by atoms with Gasteiger partial charge in [0.2, 0.25) is 0 Å². The fourth-order valence-electron chi connectivity index (χ4n) is 3.19. The molecule has 2 unspecified atom stereocenters. The monoisotopic (exact) mass is 278 g/mol. The maximum absolute atomic E-state index is 12.0. The summed E-state index contributed by atoms with van der Waals surface area (Å²) in [6.45, 7) is 1.90. The summed E-state index contributed by atoms with van der Waals surface area (Å²) in [5, 5.41) is 11.1. The van der Waals surface area contributed by atoms with Crippen LogP contribution in [0.15, 0.2) is 18.2 Å². The molecule has 1 aliphatic carbocycles. The average Bonchev–Trinajstić information content (AvgIpc) is 2.47. The molecule has 1 aliphatic rings. The quantitative estimate of drug-likeness (QED) is 0.859. The normalized spacial score (nSPS) is 22.8. The summed E-state index contributed by atoms with van der Waals surface area (Å²) >= 11 is 0. The number of fused-ring (bicyclic) bond motifs is 1. The Kier molecular flexibility index (Phi) is 4.33. The molecular formula is C16H22O4. The summed E-state index contributed by atoms with van der Waals surface area (Å²) in [6.07, 6.45) is 2.89. The van der Waals surface area contributed by atoms with E-state index in [2.05, 4.69) is 0 Å². The molecule has 0 fully saturated rings. The maximum atomic E-state index is 12.0. The molecule has 4 nitrogen and oxygen atoms in total. The van der Waals surface area contributed by atoms with Crippen LogP contribution in [-0.2, 0) is 21.6 Å². The minimum absolute atomic E-state index is 0.356. The van der Waals surface area contributed by atoms with E-state index >= 15 is 0 Å². The van der Waals surface area contributed by atoms with Crippen LogP contribution in [0, 0.1) is 5.92 Å². The van der Waals surface area contributed by atoms with Gasteiger partial charge in [0, 0.05) is 0 Å². The molecule has 0 saturated heterocycles. The van der Waals surface area contributed by atoms with Crippen molar-refractivity contribution >= 4 is 5.97 Å². The first-order valence-electron chi connectivity index (χ1n) is 7.04. The number of aliphatic hydroxyl groups is 1. The highest BCUT2D eigenvalue weighted by Gasteiger charge is 2.45. The fourth-order valence-corrected chi connectivity index (χ4v) is 3.19. The molecule has 20 heavy (non-hydrogen) atoms. The van der Waals surface area contributed by atoms with Crippen molar-refractivity contribution in [3.8, 4) is 5.75 Å². The van der Waals surface area contributed by atoms with E-state index < -0.39 is 11.5 Å². The molecule has 0 amide bonds. The van der Waals surface area contributed by atoms with Gasteiger partial charge in [0.1, 0.15) is 11.4 Å². The van der Waals surface area contributed by atoms with Crippen molar-refractivity contribution < 1.29 is 19.4 Å². The van der Waals surface area contributed by atoms with Crippen LogP contribution < -0.4 is 4.74 Å². The van der Waals surface area contributed by atoms with E-state index in [0.717, 1.165) is 24.0 Å². The number of carbonyl (C=O) groups excluding carboxylic acids is 1. The summed E-state index contributed by atoms with van der Waals surface area (Å²) in [6, 6.07) is 5.71. The van der Waals surface area contributed by atoms with E-state index in [1.807, 2.05) is 25.1 Å². The number of carbonyl (C=O) groups is 1. The molecule has 0 radical (unpaired) electrons. The van der Waals surface area contributed by atoms with E-state index in [0.29, 0.717) is 18.6 Å². The summed E-state index contributed by atoms with van der Waals surface area (Å²) in [4.78, 5) is 12.0. The van der Waals surface area contributed by atoms with Crippen LogP contribution in [0.4, 0.5) is 0 Å². The lowest BCUT2D eigenvalue weighted by Crippen LogP contribution is -2.42. The van der Waals surface area contributed by atoms with E-state index in [-0.39, 0.29) is 5.97 Å². The first-order valence-corrected chi connectivity index (χ1v) is 7.04. The first-order chi connectivity index (χ1) is 9.56. The highest BCUT2D eigenvalue weighted by molar-refractivity contribution is 5.74. The van der Waals surface area contributed by atoms with Crippen LogP contribution in [0.5, 0.6) is 5.75 Å². The second kappa shape index (κ2) is 5.83. The van der Waals surface area contributed by atoms with Crippen molar-refractivity contribution in [3.63, 3.8) is 0 Å². The third-order valence-electron chi connectivity index (χ3n) is 4.26. The number of benzene rings is 1. The molecule has 4 heteroatoms.